The number of nitrogens with two attached hydrogens (primary N) is 1. The highest BCUT2D eigenvalue weighted by atomic mass is 32.2. The van der Waals surface area contributed by atoms with Gasteiger partial charge < -0.3 is 11.1 Å². The fraction of sp³-hybridized carbons (Fsp3) is 0.500. The summed E-state index contributed by atoms with van der Waals surface area (Å²) in [6.07, 6.45) is 9.88. The van der Waals surface area contributed by atoms with Crippen LogP contribution in [0.5, 0.6) is 0 Å². The lowest BCUT2D eigenvalue weighted by molar-refractivity contribution is -0.118. The Kier molecular flexibility index (Phi) is 5.17. The molecule has 2 fully saturated rings. The predicted molar refractivity (Wildman–Crippen MR) is 117 cm³/mol. The van der Waals surface area contributed by atoms with E-state index in [2.05, 4.69) is 25.1 Å². The van der Waals surface area contributed by atoms with Gasteiger partial charge in [0.05, 0.1) is 16.3 Å². The molecule has 3 heterocycles. The summed E-state index contributed by atoms with van der Waals surface area (Å²) in [5.41, 5.74) is 7.19. The highest BCUT2D eigenvalue weighted by Crippen LogP contribution is 2.42. The van der Waals surface area contributed by atoms with Crippen molar-refractivity contribution in [2.75, 3.05) is 11.5 Å². The molecule has 3 aromatic heterocycles. The predicted octanol–water partition coefficient (Wildman–Crippen LogP) is 4.01. The Morgan fingerprint density at radius 1 is 1.24 bits per heavy atom. The topological polar surface area (TPSA) is 98.7 Å². The zero-order chi connectivity index (χ0) is 19.8. The Morgan fingerprint density at radius 3 is 2.83 bits per heavy atom. The molecule has 2 aliphatic carbocycles. The number of carbonyl (C=O) groups is 1. The maximum atomic E-state index is 12.2. The van der Waals surface area contributed by atoms with Crippen LogP contribution in [0.4, 0.5) is 5.69 Å². The zero-order valence-corrected chi connectivity index (χ0v) is 17.8. The maximum Gasteiger partial charge on any atom is 0.230 e. The number of aromatic nitrogens is 4. The molecular weight excluding hydrogens is 404 g/mol. The number of nitrogens with one attached hydrogen (secondary N) is 1. The van der Waals surface area contributed by atoms with E-state index in [-0.39, 0.29) is 5.91 Å². The van der Waals surface area contributed by atoms with Crippen LogP contribution in [0.25, 0.3) is 20.9 Å². The van der Waals surface area contributed by atoms with E-state index in [4.69, 9.17) is 5.73 Å². The van der Waals surface area contributed by atoms with Gasteiger partial charge in [0.1, 0.15) is 4.83 Å². The molecule has 0 spiro atoms. The molecule has 0 bridgehead atoms. The molecule has 2 aliphatic rings. The van der Waals surface area contributed by atoms with Gasteiger partial charge in [0.15, 0.2) is 11.0 Å². The molecule has 0 aromatic carbocycles. The van der Waals surface area contributed by atoms with Crippen LogP contribution in [0.1, 0.15) is 51.0 Å². The third-order valence-electron chi connectivity index (χ3n) is 5.59. The minimum Gasteiger partial charge on any atom is -0.397 e. The van der Waals surface area contributed by atoms with E-state index in [0.29, 0.717) is 23.5 Å². The van der Waals surface area contributed by atoms with Crippen LogP contribution in [0, 0.1) is 0 Å². The Balaban J connectivity index is 1.49. The van der Waals surface area contributed by atoms with Crippen LogP contribution in [0.15, 0.2) is 23.5 Å². The van der Waals surface area contributed by atoms with Crippen LogP contribution < -0.4 is 11.1 Å². The summed E-state index contributed by atoms with van der Waals surface area (Å²) >= 11 is 3.03. The summed E-state index contributed by atoms with van der Waals surface area (Å²) in [5, 5.41) is 13.8. The zero-order valence-electron chi connectivity index (χ0n) is 16.1. The van der Waals surface area contributed by atoms with Crippen LogP contribution in [0.3, 0.4) is 0 Å². The Bertz CT molecular complexity index is 1030. The van der Waals surface area contributed by atoms with E-state index < -0.39 is 0 Å². The molecule has 5 rings (SSSR count). The van der Waals surface area contributed by atoms with Crippen molar-refractivity contribution < 1.29 is 4.79 Å². The van der Waals surface area contributed by atoms with Gasteiger partial charge in [-0.3, -0.25) is 9.36 Å². The van der Waals surface area contributed by atoms with Crippen LogP contribution >= 0.6 is 23.1 Å². The number of amides is 1. The molecule has 1 amide bonds. The molecule has 0 radical (unpaired) electrons. The molecule has 29 heavy (non-hydrogen) atoms. The first-order valence-electron chi connectivity index (χ1n) is 10.2. The number of pyridine rings is 1. The third kappa shape index (κ3) is 3.85. The van der Waals surface area contributed by atoms with Crippen molar-refractivity contribution >= 4 is 44.9 Å². The number of hydrogen-bond donors (Lipinski definition) is 2. The lowest BCUT2D eigenvalue weighted by Crippen LogP contribution is -2.27. The molecule has 3 N–H and O–H groups in total. The van der Waals surface area contributed by atoms with Crippen molar-refractivity contribution in [1.29, 1.82) is 0 Å². The summed E-state index contributed by atoms with van der Waals surface area (Å²) in [5.74, 6) is 1.25. The van der Waals surface area contributed by atoms with Gasteiger partial charge in [0.2, 0.25) is 5.91 Å². The van der Waals surface area contributed by atoms with Gasteiger partial charge in [0, 0.05) is 23.7 Å². The van der Waals surface area contributed by atoms with Crippen LogP contribution in [-0.4, -0.2) is 37.5 Å². The highest BCUT2D eigenvalue weighted by molar-refractivity contribution is 7.99. The van der Waals surface area contributed by atoms with Crippen molar-refractivity contribution in [3.05, 3.63) is 18.3 Å². The summed E-state index contributed by atoms with van der Waals surface area (Å²) in [6, 6.07) is 4.62. The van der Waals surface area contributed by atoms with E-state index in [1.165, 1.54) is 31.0 Å². The highest BCUT2D eigenvalue weighted by Gasteiger charge is 2.28. The quantitative estimate of drug-likeness (QED) is 0.576. The van der Waals surface area contributed by atoms with Gasteiger partial charge in [-0.1, -0.05) is 31.0 Å². The van der Waals surface area contributed by atoms with Gasteiger partial charge in [0.25, 0.3) is 0 Å². The molecule has 0 saturated heterocycles. The first-order valence-corrected chi connectivity index (χ1v) is 12.0. The largest absolute Gasteiger partial charge is 0.397 e. The normalized spacial score (nSPS) is 17.7. The Morgan fingerprint density at radius 2 is 2.07 bits per heavy atom. The summed E-state index contributed by atoms with van der Waals surface area (Å²) < 4.78 is 2.23. The van der Waals surface area contributed by atoms with Gasteiger partial charge in [-0.2, -0.15) is 0 Å². The fourth-order valence-electron chi connectivity index (χ4n) is 3.94. The molecule has 9 heteroatoms. The molecule has 2 saturated carbocycles. The van der Waals surface area contributed by atoms with E-state index in [1.807, 2.05) is 12.1 Å². The van der Waals surface area contributed by atoms with Crippen molar-refractivity contribution in [3.8, 4) is 10.7 Å². The number of nitrogens with zero attached hydrogens (tertiary/aromatic N) is 4. The first kappa shape index (κ1) is 18.9. The number of nitrogen functional groups attached to an aromatic ring is 1. The van der Waals surface area contributed by atoms with Crippen molar-refractivity contribution in [3.63, 3.8) is 0 Å². The number of fused-ring (bicyclic) bond motifs is 1. The number of thiophene rings is 1. The average Bonchev–Trinajstić information content (AvgIpc) is 3.36. The van der Waals surface area contributed by atoms with Crippen molar-refractivity contribution in [1.82, 2.24) is 25.1 Å². The van der Waals surface area contributed by atoms with Crippen LogP contribution in [0.2, 0.25) is 0 Å². The number of rotatable bonds is 6. The molecule has 7 nitrogen and oxygen atoms in total. The standard InChI is InChI=1S/C20H24N6OS2/c21-16-14-7-4-10-22-19(14)29-17(16)18-24-25-20(26(18)13-5-2-1-3-6-13)28-11-15(27)23-12-8-9-12/h4,7,10,12-13H,1-3,5-6,8-9,11,21H2,(H,23,27). The SMILES string of the molecule is Nc1c(-c2nnc(SCC(=O)NC3CC3)n2C2CCCCC2)sc2ncccc12. The number of hydrogen-bond acceptors (Lipinski definition) is 7. The Labute approximate surface area is 177 Å². The monoisotopic (exact) mass is 428 g/mol. The minimum absolute atomic E-state index is 0.0721. The van der Waals surface area contributed by atoms with Gasteiger partial charge >= 0.3 is 0 Å². The average molecular weight is 429 g/mol. The van der Waals surface area contributed by atoms with Crippen LogP contribution in [-0.2, 0) is 4.79 Å². The van der Waals surface area contributed by atoms with Gasteiger partial charge in [-0.25, -0.2) is 4.98 Å². The number of thioether (sulfide) groups is 1. The Hall–Kier alpha value is -2.13. The third-order valence-corrected chi connectivity index (χ3v) is 7.66. The van der Waals surface area contributed by atoms with Crippen molar-refractivity contribution in [2.45, 2.75) is 62.2 Å². The second-order valence-corrected chi connectivity index (χ2v) is 9.74. The van der Waals surface area contributed by atoms with E-state index in [9.17, 15) is 4.79 Å². The van der Waals surface area contributed by atoms with Gasteiger partial charge in [-0.15, -0.1) is 21.5 Å². The number of anilines is 1. The minimum atomic E-state index is 0.0721. The molecule has 0 unspecified atom stereocenters. The lowest BCUT2D eigenvalue weighted by Gasteiger charge is -2.25. The molecular formula is C20H24N6OS2. The molecule has 3 aromatic rings. The van der Waals surface area contributed by atoms with Gasteiger partial charge in [-0.05, 0) is 37.8 Å². The second-order valence-electron chi connectivity index (χ2n) is 7.80. The van der Waals surface area contributed by atoms with E-state index in [1.54, 1.807) is 17.5 Å². The summed E-state index contributed by atoms with van der Waals surface area (Å²) in [6.45, 7) is 0. The molecule has 152 valence electrons. The summed E-state index contributed by atoms with van der Waals surface area (Å²) in [7, 11) is 0. The fourth-order valence-corrected chi connectivity index (χ4v) is 5.80. The molecule has 0 atom stereocenters. The first-order chi connectivity index (χ1) is 14.2. The van der Waals surface area contributed by atoms with E-state index >= 15 is 0 Å². The lowest BCUT2D eigenvalue weighted by atomic mass is 9.95. The van der Waals surface area contributed by atoms with E-state index in [0.717, 1.165) is 51.8 Å². The summed E-state index contributed by atoms with van der Waals surface area (Å²) in [4.78, 5) is 18.5. The maximum absolute atomic E-state index is 12.2. The van der Waals surface area contributed by atoms with Crippen molar-refractivity contribution in [2.24, 2.45) is 0 Å². The smallest absolute Gasteiger partial charge is 0.230 e. The molecule has 0 aliphatic heterocycles. The second kappa shape index (κ2) is 7.95. The number of carbonyl (C=O) groups excluding carboxylic acids is 1.